The summed E-state index contributed by atoms with van der Waals surface area (Å²) in [5.74, 6) is 0.0125. The maximum Gasteiger partial charge on any atom is 0.270 e. The molecule has 1 aromatic carbocycles. The van der Waals surface area contributed by atoms with E-state index >= 15 is 0 Å². The normalized spacial score (nSPS) is 11.2. The average molecular weight is 274 g/mol. The van der Waals surface area contributed by atoms with Gasteiger partial charge in [0.1, 0.15) is 5.69 Å². The van der Waals surface area contributed by atoms with Crippen LogP contribution in [0.2, 0.25) is 0 Å². The summed E-state index contributed by atoms with van der Waals surface area (Å²) in [4.78, 5) is 19.3. The molecule has 2 aromatic rings. The number of benzene rings is 1. The van der Waals surface area contributed by atoms with E-state index in [1.54, 1.807) is 4.90 Å². The minimum Gasteiger partial charge on any atom is -0.399 e. The van der Waals surface area contributed by atoms with E-state index in [1.165, 1.54) is 0 Å². The molecule has 0 aliphatic heterocycles. The summed E-state index contributed by atoms with van der Waals surface area (Å²) in [6.45, 7) is 1.72. The third-order valence-corrected chi connectivity index (χ3v) is 3.32. The monoisotopic (exact) mass is 274 g/mol. The van der Waals surface area contributed by atoms with Crippen LogP contribution in [-0.4, -0.2) is 54.9 Å². The number of amides is 1. The maximum atomic E-state index is 12.3. The zero-order chi connectivity index (χ0) is 14.7. The van der Waals surface area contributed by atoms with Gasteiger partial charge < -0.3 is 20.5 Å². The predicted molar refractivity (Wildman–Crippen MR) is 82.8 cm³/mol. The van der Waals surface area contributed by atoms with E-state index in [-0.39, 0.29) is 5.91 Å². The molecule has 0 radical (unpaired) electrons. The molecule has 0 spiro atoms. The van der Waals surface area contributed by atoms with E-state index in [2.05, 4.69) is 9.88 Å². The molecular weight excluding hydrogens is 252 g/mol. The van der Waals surface area contributed by atoms with Gasteiger partial charge in [0.2, 0.25) is 0 Å². The maximum absolute atomic E-state index is 12.3. The number of anilines is 1. The Kier molecular flexibility index (Phi) is 4.29. The Morgan fingerprint density at radius 2 is 1.95 bits per heavy atom. The first kappa shape index (κ1) is 14.4. The van der Waals surface area contributed by atoms with Gasteiger partial charge in [-0.05, 0) is 51.3 Å². The largest absolute Gasteiger partial charge is 0.399 e. The van der Waals surface area contributed by atoms with Gasteiger partial charge in [0, 0.05) is 30.2 Å². The van der Waals surface area contributed by atoms with Crippen LogP contribution in [0.5, 0.6) is 0 Å². The van der Waals surface area contributed by atoms with Crippen LogP contribution >= 0.6 is 0 Å². The smallest absolute Gasteiger partial charge is 0.270 e. The molecule has 0 fully saturated rings. The molecule has 1 heterocycles. The van der Waals surface area contributed by atoms with Gasteiger partial charge in [-0.3, -0.25) is 4.79 Å². The molecule has 0 aliphatic rings. The molecule has 2 rings (SSSR count). The van der Waals surface area contributed by atoms with E-state index in [0.717, 1.165) is 30.4 Å². The highest BCUT2D eigenvalue weighted by atomic mass is 16.2. The topological polar surface area (TPSA) is 65.4 Å². The van der Waals surface area contributed by atoms with Crippen molar-refractivity contribution < 1.29 is 4.79 Å². The molecule has 0 saturated carbocycles. The lowest BCUT2D eigenvalue weighted by Crippen LogP contribution is -2.29. The number of nitrogen functional groups attached to an aromatic ring is 1. The number of nitrogens with two attached hydrogens (primary N) is 1. The standard InChI is InChI=1S/C15H22N4O/c1-18(2)7-4-8-19(3)15(20)14-10-11-9-12(16)5-6-13(11)17-14/h5-6,9-10,17H,4,7-8,16H2,1-3H3. The number of carbonyl (C=O) groups excluding carboxylic acids is 1. The van der Waals surface area contributed by atoms with Crippen molar-refractivity contribution in [2.24, 2.45) is 0 Å². The van der Waals surface area contributed by atoms with Gasteiger partial charge >= 0.3 is 0 Å². The van der Waals surface area contributed by atoms with Crippen molar-refractivity contribution in [2.45, 2.75) is 6.42 Å². The van der Waals surface area contributed by atoms with Crippen LogP contribution in [-0.2, 0) is 0 Å². The summed E-state index contributed by atoms with van der Waals surface area (Å²) in [5.41, 5.74) is 8.00. The molecule has 0 unspecified atom stereocenters. The highest BCUT2D eigenvalue weighted by Gasteiger charge is 2.14. The molecule has 0 saturated heterocycles. The molecule has 5 heteroatoms. The van der Waals surface area contributed by atoms with Crippen LogP contribution in [0.25, 0.3) is 10.9 Å². The van der Waals surface area contributed by atoms with Crippen LogP contribution in [0, 0.1) is 0 Å². The second-order valence-electron chi connectivity index (χ2n) is 5.41. The Morgan fingerprint density at radius 3 is 2.65 bits per heavy atom. The summed E-state index contributed by atoms with van der Waals surface area (Å²) in [6, 6.07) is 7.45. The molecule has 5 nitrogen and oxygen atoms in total. The van der Waals surface area contributed by atoms with Crippen molar-refractivity contribution in [3.63, 3.8) is 0 Å². The quantitative estimate of drug-likeness (QED) is 0.817. The summed E-state index contributed by atoms with van der Waals surface area (Å²) < 4.78 is 0. The van der Waals surface area contributed by atoms with Crippen molar-refractivity contribution >= 4 is 22.5 Å². The number of fused-ring (bicyclic) bond motifs is 1. The average Bonchev–Trinajstić information content (AvgIpc) is 2.80. The molecule has 108 valence electrons. The van der Waals surface area contributed by atoms with Crippen LogP contribution in [0.1, 0.15) is 16.9 Å². The van der Waals surface area contributed by atoms with Gasteiger partial charge in [0.15, 0.2) is 0 Å². The summed E-state index contributed by atoms with van der Waals surface area (Å²) in [7, 11) is 5.89. The van der Waals surface area contributed by atoms with Crippen LogP contribution in [0.3, 0.4) is 0 Å². The zero-order valence-electron chi connectivity index (χ0n) is 12.3. The van der Waals surface area contributed by atoms with Crippen molar-refractivity contribution in [3.05, 3.63) is 30.0 Å². The van der Waals surface area contributed by atoms with Crippen molar-refractivity contribution in [3.8, 4) is 0 Å². The Bertz CT molecular complexity index is 603. The number of aromatic nitrogens is 1. The summed E-state index contributed by atoms with van der Waals surface area (Å²) in [5, 5.41) is 0.968. The molecule has 0 atom stereocenters. The van der Waals surface area contributed by atoms with E-state index in [0.29, 0.717) is 11.4 Å². The van der Waals surface area contributed by atoms with Gasteiger partial charge in [-0.1, -0.05) is 0 Å². The number of carbonyl (C=O) groups is 1. The SMILES string of the molecule is CN(C)CCCN(C)C(=O)c1cc2cc(N)ccc2[nH]1. The minimum atomic E-state index is 0.0125. The molecular formula is C15H22N4O. The Morgan fingerprint density at radius 1 is 1.20 bits per heavy atom. The first-order valence-electron chi connectivity index (χ1n) is 6.76. The van der Waals surface area contributed by atoms with Crippen LogP contribution in [0.4, 0.5) is 5.69 Å². The lowest BCUT2D eigenvalue weighted by molar-refractivity contribution is 0.0786. The second-order valence-corrected chi connectivity index (χ2v) is 5.41. The van der Waals surface area contributed by atoms with Crippen LogP contribution < -0.4 is 5.73 Å². The number of rotatable bonds is 5. The Balaban J connectivity index is 2.06. The van der Waals surface area contributed by atoms with Crippen molar-refractivity contribution in [1.82, 2.24) is 14.8 Å². The Hall–Kier alpha value is -2.01. The molecule has 1 aromatic heterocycles. The van der Waals surface area contributed by atoms with Gasteiger partial charge in [-0.25, -0.2) is 0 Å². The third kappa shape index (κ3) is 3.30. The van der Waals surface area contributed by atoms with Crippen molar-refractivity contribution in [1.29, 1.82) is 0 Å². The lowest BCUT2D eigenvalue weighted by atomic mass is 10.2. The van der Waals surface area contributed by atoms with Crippen LogP contribution in [0.15, 0.2) is 24.3 Å². The third-order valence-electron chi connectivity index (χ3n) is 3.32. The fourth-order valence-corrected chi connectivity index (χ4v) is 2.20. The zero-order valence-corrected chi connectivity index (χ0v) is 12.3. The number of nitrogens with one attached hydrogen (secondary N) is 1. The van der Waals surface area contributed by atoms with E-state index in [1.807, 2.05) is 45.4 Å². The minimum absolute atomic E-state index is 0.0125. The summed E-state index contributed by atoms with van der Waals surface area (Å²) in [6.07, 6.45) is 0.961. The van der Waals surface area contributed by atoms with Gasteiger partial charge in [0.25, 0.3) is 5.91 Å². The fourth-order valence-electron chi connectivity index (χ4n) is 2.20. The highest BCUT2D eigenvalue weighted by molar-refractivity contribution is 5.98. The number of hydrogen-bond acceptors (Lipinski definition) is 3. The fraction of sp³-hybridized carbons (Fsp3) is 0.400. The molecule has 1 amide bonds. The number of hydrogen-bond donors (Lipinski definition) is 2. The Labute approximate surface area is 119 Å². The second kappa shape index (κ2) is 5.96. The lowest BCUT2D eigenvalue weighted by Gasteiger charge is -2.17. The van der Waals surface area contributed by atoms with Gasteiger partial charge in [0.05, 0.1) is 0 Å². The highest BCUT2D eigenvalue weighted by Crippen LogP contribution is 2.19. The predicted octanol–water partition coefficient (Wildman–Crippen LogP) is 1.77. The first-order chi connectivity index (χ1) is 9.47. The molecule has 20 heavy (non-hydrogen) atoms. The molecule has 3 N–H and O–H groups in total. The number of nitrogens with zero attached hydrogens (tertiary/aromatic N) is 2. The first-order valence-corrected chi connectivity index (χ1v) is 6.76. The van der Waals surface area contributed by atoms with E-state index < -0.39 is 0 Å². The molecule has 0 bridgehead atoms. The molecule has 0 aliphatic carbocycles. The number of H-pyrrole nitrogens is 1. The summed E-state index contributed by atoms with van der Waals surface area (Å²) >= 11 is 0. The van der Waals surface area contributed by atoms with Gasteiger partial charge in [-0.15, -0.1) is 0 Å². The van der Waals surface area contributed by atoms with Crippen molar-refractivity contribution in [2.75, 3.05) is 40.0 Å². The number of aromatic amines is 1. The van der Waals surface area contributed by atoms with E-state index in [9.17, 15) is 4.79 Å². The van der Waals surface area contributed by atoms with E-state index in [4.69, 9.17) is 5.73 Å². The van der Waals surface area contributed by atoms with Gasteiger partial charge in [-0.2, -0.15) is 0 Å².